The van der Waals surface area contributed by atoms with E-state index in [-0.39, 0.29) is 12.1 Å². The second-order valence-corrected chi connectivity index (χ2v) is 5.93. The highest BCUT2D eigenvalue weighted by atomic mass is 16.5. The van der Waals surface area contributed by atoms with Gasteiger partial charge in [-0.05, 0) is 35.9 Å². The fourth-order valence-corrected chi connectivity index (χ4v) is 2.82. The lowest BCUT2D eigenvalue weighted by atomic mass is 10.2. The predicted octanol–water partition coefficient (Wildman–Crippen LogP) is 2.56. The van der Waals surface area contributed by atoms with Crippen molar-refractivity contribution in [1.82, 2.24) is 10.6 Å². The van der Waals surface area contributed by atoms with Crippen molar-refractivity contribution in [3.05, 3.63) is 48.0 Å². The summed E-state index contributed by atoms with van der Waals surface area (Å²) in [6.45, 7) is 1.55. The van der Waals surface area contributed by atoms with Crippen LogP contribution in [0.2, 0.25) is 0 Å². The van der Waals surface area contributed by atoms with Crippen molar-refractivity contribution in [3.63, 3.8) is 0 Å². The molecule has 3 rings (SSSR count). The second kappa shape index (κ2) is 8.31. The van der Waals surface area contributed by atoms with Crippen molar-refractivity contribution >= 4 is 23.4 Å². The van der Waals surface area contributed by atoms with Gasteiger partial charge >= 0.3 is 12.1 Å². The summed E-state index contributed by atoms with van der Waals surface area (Å²) < 4.78 is 10.5. The molecule has 142 valence electrons. The number of anilines is 2. The van der Waals surface area contributed by atoms with Crippen molar-refractivity contribution in [2.24, 2.45) is 0 Å². The molecule has 3 N–H and O–H groups in total. The van der Waals surface area contributed by atoms with Gasteiger partial charge in [-0.15, -0.1) is 0 Å². The molecule has 0 unspecified atom stereocenters. The first-order valence-electron chi connectivity index (χ1n) is 8.52. The Bertz CT molecular complexity index is 840. The van der Waals surface area contributed by atoms with Crippen LogP contribution in [-0.4, -0.2) is 39.4 Å². The topological polar surface area (TPSA) is 91.9 Å². The average molecular weight is 370 g/mol. The van der Waals surface area contributed by atoms with E-state index in [1.165, 1.54) is 0 Å². The number of nitrogens with one attached hydrogen (secondary N) is 3. The summed E-state index contributed by atoms with van der Waals surface area (Å²) in [6.07, 6.45) is 0. The maximum atomic E-state index is 12.2. The minimum absolute atomic E-state index is 0.134. The van der Waals surface area contributed by atoms with E-state index in [1.54, 1.807) is 43.4 Å². The van der Waals surface area contributed by atoms with Gasteiger partial charge in [-0.2, -0.15) is 0 Å². The molecule has 1 aliphatic heterocycles. The molecule has 0 spiro atoms. The standard InChI is InChI=1S/C19H22N4O4/c1-26-16-7-6-13(10-17(16)27-2)12-21-18(24)22-14-4-3-5-15(11-14)23-9-8-20-19(23)25/h3-7,10-11H,8-9,12H2,1-2H3,(H,20,25)(H2,21,22,24). The minimum atomic E-state index is -0.340. The van der Waals surface area contributed by atoms with Crippen molar-refractivity contribution in [2.45, 2.75) is 6.54 Å². The quantitative estimate of drug-likeness (QED) is 0.729. The zero-order valence-corrected chi connectivity index (χ0v) is 15.2. The number of nitrogens with zero attached hydrogens (tertiary/aromatic N) is 1. The molecular weight excluding hydrogens is 348 g/mol. The van der Waals surface area contributed by atoms with E-state index < -0.39 is 0 Å². The van der Waals surface area contributed by atoms with Gasteiger partial charge in [-0.1, -0.05) is 12.1 Å². The summed E-state index contributed by atoms with van der Waals surface area (Å²) >= 11 is 0. The fraction of sp³-hybridized carbons (Fsp3) is 0.263. The van der Waals surface area contributed by atoms with E-state index in [1.807, 2.05) is 18.2 Å². The lowest BCUT2D eigenvalue weighted by Gasteiger charge is -2.16. The van der Waals surface area contributed by atoms with Gasteiger partial charge in [-0.3, -0.25) is 4.90 Å². The van der Waals surface area contributed by atoms with E-state index in [0.29, 0.717) is 36.8 Å². The molecule has 1 heterocycles. The molecule has 27 heavy (non-hydrogen) atoms. The summed E-state index contributed by atoms with van der Waals surface area (Å²) in [5.74, 6) is 1.24. The fourth-order valence-electron chi connectivity index (χ4n) is 2.82. The number of urea groups is 2. The maximum Gasteiger partial charge on any atom is 0.321 e. The summed E-state index contributed by atoms with van der Waals surface area (Å²) in [7, 11) is 3.14. The summed E-state index contributed by atoms with van der Waals surface area (Å²) in [6, 6.07) is 12.1. The number of ether oxygens (including phenoxy) is 2. The van der Waals surface area contributed by atoms with Gasteiger partial charge < -0.3 is 25.4 Å². The van der Waals surface area contributed by atoms with E-state index in [2.05, 4.69) is 16.0 Å². The average Bonchev–Trinajstić information content (AvgIpc) is 3.12. The first-order chi connectivity index (χ1) is 13.1. The van der Waals surface area contributed by atoms with Crippen molar-refractivity contribution < 1.29 is 19.1 Å². The maximum absolute atomic E-state index is 12.2. The number of hydrogen-bond acceptors (Lipinski definition) is 4. The normalized spacial score (nSPS) is 13.1. The van der Waals surface area contributed by atoms with Gasteiger partial charge in [0, 0.05) is 31.0 Å². The minimum Gasteiger partial charge on any atom is -0.493 e. The monoisotopic (exact) mass is 370 g/mol. The third kappa shape index (κ3) is 4.41. The molecule has 0 aromatic heterocycles. The third-order valence-electron chi connectivity index (χ3n) is 4.17. The Hall–Kier alpha value is -3.42. The molecule has 0 aliphatic carbocycles. The third-order valence-corrected chi connectivity index (χ3v) is 4.17. The largest absolute Gasteiger partial charge is 0.493 e. The van der Waals surface area contributed by atoms with E-state index in [4.69, 9.17) is 9.47 Å². The second-order valence-electron chi connectivity index (χ2n) is 5.93. The van der Waals surface area contributed by atoms with E-state index in [9.17, 15) is 9.59 Å². The van der Waals surface area contributed by atoms with Crippen LogP contribution in [0.5, 0.6) is 11.5 Å². The number of methoxy groups -OCH3 is 2. The molecule has 1 fully saturated rings. The Balaban J connectivity index is 1.59. The zero-order chi connectivity index (χ0) is 19.2. The van der Waals surface area contributed by atoms with E-state index in [0.717, 1.165) is 11.3 Å². The Morgan fingerprint density at radius 3 is 2.67 bits per heavy atom. The Morgan fingerprint density at radius 2 is 1.96 bits per heavy atom. The van der Waals surface area contributed by atoms with E-state index >= 15 is 0 Å². The van der Waals surface area contributed by atoms with Gasteiger partial charge in [0.05, 0.1) is 14.2 Å². The van der Waals surface area contributed by atoms with Gasteiger partial charge in [0.1, 0.15) is 0 Å². The first kappa shape index (κ1) is 18.4. The highest BCUT2D eigenvalue weighted by Crippen LogP contribution is 2.27. The SMILES string of the molecule is COc1ccc(CNC(=O)Nc2cccc(N3CCNC3=O)c2)cc1OC. The number of carbonyl (C=O) groups is 2. The van der Waals surface area contributed by atoms with Crippen LogP contribution < -0.4 is 30.3 Å². The zero-order valence-electron chi connectivity index (χ0n) is 15.2. The van der Waals surface area contributed by atoms with Crippen molar-refractivity contribution in [3.8, 4) is 11.5 Å². The summed E-state index contributed by atoms with van der Waals surface area (Å²) in [4.78, 5) is 25.6. The van der Waals surface area contributed by atoms with Crippen molar-refractivity contribution in [1.29, 1.82) is 0 Å². The van der Waals surface area contributed by atoms with Crippen LogP contribution in [0.25, 0.3) is 0 Å². The molecule has 0 radical (unpaired) electrons. The first-order valence-corrected chi connectivity index (χ1v) is 8.52. The highest BCUT2D eigenvalue weighted by Gasteiger charge is 2.21. The molecule has 1 aliphatic rings. The molecule has 2 aromatic carbocycles. The molecule has 0 atom stereocenters. The lowest BCUT2D eigenvalue weighted by Crippen LogP contribution is -2.29. The van der Waals surface area contributed by atoms with Crippen LogP contribution in [0.3, 0.4) is 0 Å². The Kier molecular flexibility index (Phi) is 5.65. The van der Waals surface area contributed by atoms with Crippen LogP contribution in [0.1, 0.15) is 5.56 Å². The number of carbonyl (C=O) groups excluding carboxylic acids is 2. The smallest absolute Gasteiger partial charge is 0.321 e. The molecule has 0 bridgehead atoms. The number of benzene rings is 2. The van der Waals surface area contributed by atoms with Crippen LogP contribution in [-0.2, 0) is 6.54 Å². The van der Waals surface area contributed by atoms with Crippen molar-refractivity contribution in [2.75, 3.05) is 37.5 Å². The molecule has 2 aromatic rings. The van der Waals surface area contributed by atoms with Gasteiger partial charge in [0.2, 0.25) is 0 Å². The lowest BCUT2D eigenvalue weighted by molar-refractivity contribution is 0.251. The molecule has 4 amide bonds. The molecule has 0 saturated carbocycles. The van der Waals surface area contributed by atoms with Gasteiger partial charge in [0.15, 0.2) is 11.5 Å². The van der Waals surface area contributed by atoms with Gasteiger partial charge in [0.25, 0.3) is 0 Å². The van der Waals surface area contributed by atoms with Crippen LogP contribution in [0.4, 0.5) is 21.0 Å². The molecule has 8 heteroatoms. The number of hydrogen-bond donors (Lipinski definition) is 3. The number of amides is 4. The Morgan fingerprint density at radius 1 is 1.15 bits per heavy atom. The molecular formula is C19H22N4O4. The van der Waals surface area contributed by atoms with Crippen LogP contribution in [0.15, 0.2) is 42.5 Å². The van der Waals surface area contributed by atoms with Gasteiger partial charge in [-0.25, -0.2) is 9.59 Å². The number of rotatable bonds is 6. The molecule has 8 nitrogen and oxygen atoms in total. The van der Waals surface area contributed by atoms with Crippen LogP contribution >= 0.6 is 0 Å². The predicted molar refractivity (Wildman–Crippen MR) is 103 cm³/mol. The molecule has 1 saturated heterocycles. The summed E-state index contributed by atoms with van der Waals surface area (Å²) in [5, 5.41) is 8.32. The Labute approximate surface area is 157 Å². The summed E-state index contributed by atoms with van der Waals surface area (Å²) in [5.41, 5.74) is 2.23. The highest BCUT2D eigenvalue weighted by molar-refractivity contribution is 5.95. The van der Waals surface area contributed by atoms with Crippen LogP contribution in [0, 0.1) is 0 Å².